The van der Waals surface area contributed by atoms with Crippen LogP contribution in [-0.2, 0) is 20.7 Å². The fourth-order valence-corrected chi connectivity index (χ4v) is 1.99. The molecule has 0 fully saturated rings. The Labute approximate surface area is 159 Å². The van der Waals surface area contributed by atoms with E-state index in [2.05, 4.69) is 10.6 Å². The lowest BCUT2D eigenvalue weighted by atomic mass is 10.1. The van der Waals surface area contributed by atoms with E-state index in [4.69, 9.17) is 15.2 Å². The molecule has 0 aliphatic rings. The Kier molecular flexibility index (Phi) is 7.36. The van der Waals surface area contributed by atoms with Crippen LogP contribution in [0.5, 0.6) is 0 Å². The van der Waals surface area contributed by atoms with Crippen molar-refractivity contribution in [1.82, 2.24) is 5.32 Å². The molecular weight excluding hydrogens is 350 g/mol. The minimum Gasteiger partial charge on any atom is -0.444 e. The van der Waals surface area contributed by atoms with E-state index in [1.54, 1.807) is 65.8 Å². The molecule has 150 valence electrons. The van der Waals surface area contributed by atoms with Gasteiger partial charge in [0.1, 0.15) is 11.2 Å². The Morgan fingerprint density at radius 3 is 1.89 bits per heavy atom. The zero-order valence-corrected chi connectivity index (χ0v) is 16.7. The molecule has 0 saturated carbocycles. The topological polar surface area (TPSA) is 120 Å². The van der Waals surface area contributed by atoms with Gasteiger partial charge in [0, 0.05) is 5.69 Å². The summed E-state index contributed by atoms with van der Waals surface area (Å²) in [5, 5.41) is 4.73. The third kappa shape index (κ3) is 9.60. The molecule has 8 nitrogen and oxygen atoms in total. The van der Waals surface area contributed by atoms with Crippen LogP contribution in [0.2, 0.25) is 0 Å². The quantitative estimate of drug-likeness (QED) is 0.740. The summed E-state index contributed by atoms with van der Waals surface area (Å²) in [6.45, 7) is 10.4. The number of ether oxygens (including phenoxy) is 2. The largest absolute Gasteiger partial charge is 0.444 e. The van der Waals surface area contributed by atoms with Crippen molar-refractivity contribution in [2.75, 3.05) is 5.32 Å². The number of carbonyl (C=O) groups excluding carboxylic acids is 3. The molecule has 0 spiro atoms. The lowest BCUT2D eigenvalue weighted by Crippen LogP contribution is -2.46. The standard InChI is InChI=1S/C19H29N3O5/c1-18(2,3)26-16(24)21-13-9-7-12(8-10-13)11-14(20)15(23)22-17(25)27-19(4,5)6/h7-10,14H,11,20H2,1-6H3,(H,21,24)(H,22,23,25). The van der Waals surface area contributed by atoms with Gasteiger partial charge in [-0.1, -0.05) is 12.1 Å². The third-order valence-corrected chi connectivity index (χ3v) is 3.02. The Balaban J connectivity index is 2.55. The van der Waals surface area contributed by atoms with E-state index in [-0.39, 0.29) is 6.42 Å². The van der Waals surface area contributed by atoms with Crippen molar-refractivity contribution in [3.05, 3.63) is 29.8 Å². The zero-order valence-electron chi connectivity index (χ0n) is 16.7. The van der Waals surface area contributed by atoms with Crippen molar-refractivity contribution in [3.63, 3.8) is 0 Å². The second-order valence-electron chi connectivity index (χ2n) is 8.13. The smallest absolute Gasteiger partial charge is 0.414 e. The van der Waals surface area contributed by atoms with Crippen molar-refractivity contribution in [3.8, 4) is 0 Å². The second kappa shape index (κ2) is 8.85. The van der Waals surface area contributed by atoms with Crippen molar-refractivity contribution in [2.24, 2.45) is 5.73 Å². The van der Waals surface area contributed by atoms with Gasteiger partial charge in [-0.15, -0.1) is 0 Å². The average Bonchev–Trinajstić information content (AvgIpc) is 2.45. The van der Waals surface area contributed by atoms with Gasteiger partial charge in [0.2, 0.25) is 5.91 Å². The number of hydrogen-bond acceptors (Lipinski definition) is 6. The van der Waals surface area contributed by atoms with Crippen molar-refractivity contribution >= 4 is 23.8 Å². The maximum Gasteiger partial charge on any atom is 0.414 e. The number of rotatable bonds is 4. The van der Waals surface area contributed by atoms with Crippen molar-refractivity contribution in [2.45, 2.75) is 65.2 Å². The van der Waals surface area contributed by atoms with Crippen molar-refractivity contribution < 1.29 is 23.9 Å². The summed E-state index contributed by atoms with van der Waals surface area (Å²) in [5.74, 6) is -0.625. The second-order valence-corrected chi connectivity index (χ2v) is 8.13. The lowest BCUT2D eigenvalue weighted by Gasteiger charge is -2.20. The number of carbonyl (C=O) groups is 3. The van der Waals surface area contributed by atoms with Gasteiger partial charge in [0.05, 0.1) is 6.04 Å². The summed E-state index contributed by atoms with van der Waals surface area (Å²) < 4.78 is 10.2. The molecule has 1 rings (SSSR count). The molecule has 1 aromatic carbocycles. The van der Waals surface area contributed by atoms with Gasteiger partial charge in [-0.25, -0.2) is 9.59 Å². The first-order valence-corrected chi connectivity index (χ1v) is 8.63. The lowest BCUT2D eigenvalue weighted by molar-refractivity contribution is -0.122. The summed E-state index contributed by atoms with van der Waals surface area (Å²) in [6.07, 6.45) is -1.16. The predicted molar refractivity (Wildman–Crippen MR) is 102 cm³/mol. The first-order valence-electron chi connectivity index (χ1n) is 8.63. The predicted octanol–water partition coefficient (Wildman–Crippen LogP) is 2.95. The molecule has 0 saturated heterocycles. The van der Waals surface area contributed by atoms with Gasteiger partial charge in [-0.3, -0.25) is 15.4 Å². The molecule has 1 aromatic rings. The Bertz CT molecular complexity index is 672. The molecule has 1 atom stereocenters. The number of nitrogens with two attached hydrogens (primary N) is 1. The van der Waals surface area contributed by atoms with E-state index in [1.807, 2.05) is 0 Å². The van der Waals surface area contributed by atoms with Crippen LogP contribution < -0.4 is 16.4 Å². The highest BCUT2D eigenvalue weighted by molar-refractivity contribution is 5.95. The number of amides is 3. The van der Waals surface area contributed by atoms with Crippen molar-refractivity contribution in [1.29, 1.82) is 0 Å². The molecule has 1 unspecified atom stereocenters. The SMILES string of the molecule is CC(C)(C)OC(=O)NC(=O)C(N)Cc1ccc(NC(=O)OC(C)(C)C)cc1. The fourth-order valence-electron chi connectivity index (χ4n) is 1.99. The summed E-state index contributed by atoms with van der Waals surface area (Å²) >= 11 is 0. The molecule has 0 bridgehead atoms. The highest BCUT2D eigenvalue weighted by atomic mass is 16.6. The first-order chi connectivity index (χ1) is 12.2. The normalized spacial score (nSPS) is 12.7. The minimum atomic E-state index is -0.915. The van der Waals surface area contributed by atoms with Crippen LogP contribution >= 0.6 is 0 Å². The Morgan fingerprint density at radius 2 is 1.41 bits per heavy atom. The van der Waals surface area contributed by atoms with Crippen LogP contribution in [0, 0.1) is 0 Å². The average molecular weight is 379 g/mol. The van der Waals surface area contributed by atoms with Crippen LogP contribution in [0.15, 0.2) is 24.3 Å². The molecule has 0 aromatic heterocycles. The van der Waals surface area contributed by atoms with Gasteiger partial charge >= 0.3 is 12.2 Å². The number of alkyl carbamates (subject to hydrolysis) is 1. The molecule has 0 aliphatic heterocycles. The maximum absolute atomic E-state index is 12.0. The van der Waals surface area contributed by atoms with E-state index in [9.17, 15) is 14.4 Å². The Hall–Kier alpha value is -2.61. The summed E-state index contributed by atoms with van der Waals surface area (Å²) in [6, 6.07) is 5.90. The monoisotopic (exact) mass is 379 g/mol. The van der Waals surface area contributed by atoms with Gasteiger partial charge in [0.15, 0.2) is 0 Å². The molecule has 0 heterocycles. The van der Waals surface area contributed by atoms with E-state index >= 15 is 0 Å². The number of benzene rings is 1. The van der Waals surface area contributed by atoms with E-state index in [0.29, 0.717) is 5.69 Å². The minimum absolute atomic E-state index is 0.224. The summed E-state index contributed by atoms with van der Waals surface area (Å²) in [4.78, 5) is 35.3. The zero-order chi connectivity index (χ0) is 20.8. The van der Waals surface area contributed by atoms with Gasteiger partial charge in [-0.2, -0.15) is 0 Å². The maximum atomic E-state index is 12.0. The van der Waals surface area contributed by atoms with E-state index in [1.165, 1.54) is 0 Å². The highest BCUT2D eigenvalue weighted by Crippen LogP contribution is 2.14. The van der Waals surface area contributed by atoms with Crippen LogP contribution in [0.3, 0.4) is 0 Å². The third-order valence-electron chi connectivity index (χ3n) is 3.02. The Morgan fingerprint density at radius 1 is 0.926 bits per heavy atom. The molecule has 4 N–H and O–H groups in total. The molecular formula is C19H29N3O5. The molecule has 27 heavy (non-hydrogen) atoms. The van der Waals surface area contributed by atoms with E-state index in [0.717, 1.165) is 5.56 Å². The first kappa shape index (κ1) is 22.4. The number of hydrogen-bond donors (Lipinski definition) is 3. The van der Waals surface area contributed by atoms with Crippen LogP contribution in [-0.4, -0.2) is 35.3 Å². The fraction of sp³-hybridized carbons (Fsp3) is 0.526. The molecule has 8 heteroatoms. The molecule has 0 aliphatic carbocycles. The van der Waals surface area contributed by atoms with Crippen LogP contribution in [0.25, 0.3) is 0 Å². The number of imide groups is 1. The van der Waals surface area contributed by atoms with E-state index < -0.39 is 35.3 Å². The highest BCUT2D eigenvalue weighted by Gasteiger charge is 2.22. The van der Waals surface area contributed by atoms with Gasteiger partial charge in [0.25, 0.3) is 0 Å². The number of nitrogens with one attached hydrogen (secondary N) is 2. The summed E-state index contributed by atoms with van der Waals surface area (Å²) in [7, 11) is 0. The molecule has 3 amide bonds. The number of anilines is 1. The van der Waals surface area contributed by atoms with Gasteiger partial charge in [-0.05, 0) is 65.7 Å². The van der Waals surface area contributed by atoms with Crippen LogP contribution in [0.4, 0.5) is 15.3 Å². The van der Waals surface area contributed by atoms with Gasteiger partial charge < -0.3 is 15.2 Å². The summed E-state index contributed by atoms with van der Waals surface area (Å²) in [5.41, 5.74) is 5.88. The molecule has 0 radical (unpaired) electrons. The van der Waals surface area contributed by atoms with Crippen LogP contribution in [0.1, 0.15) is 47.1 Å².